The van der Waals surface area contributed by atoms with Gasteiger partial charge in [0.15, 0.2) is 25.5 Å². The van der Waals surface area contributed by atoms with Gasteiger partial charge in [0.05, 0.1) is 10.1 Å². The SMILES string of the molecule is Cc1cccc([Si](C2=CC=CCC2c2cc(-c3nc(-c4ccccc4)nc(-c4ccccc4)n3)cc(-c3cccc4c3SC3C=CC=CC3O4)c2)(c2ccccc2)c2ccccc2)c1. The van der Waals surface area contributed by atoms with Gasteiger partial charge < -0.3 is 4.74 Å². The first-order valence-electron chi connectivity index (χ1n) is 22.0. The van der Waals surface area contributed by atoms with Crippen molar-refractivity contribution in [2.45, 2.75) is 35.5 Å². The summed E-state index contributed by atoms with van der Waals surface area (Å²) in [6.45, 7) is 2.22. The number of thioether (sulfide) groups is 1. The Bertz CT molecular complexity index is 3010. The molecule has 0 N–H and O–H groups in total. The van der Waals surface area contributed by atoms with Gasteiger partial charge in [0, 0.05) is 22.6 Å². The average Bonchev–Trinajstić information content (AvgIpc) is 3.37. The third kappa shape index (κ3) is 7.38. The third-order valence-corrected chi connectivity index (χ3v) is 18.9. The maximum atomic E-state index is 6.70. The van der Waals surface area contributed by atoms with Crippen LogP contribution in [0.25, 0.3) is 45.3 Å². The second-order valence-corrected chi connectivity index (χ2v) is 21.6. The van der Waals surface area contributed by atoms with Crippen molar-refractivity contribution in [1.82, 2.24) is 15.0 Å². The van der Waals surface area contributed by atoms with Gasteiger partial charge >= 0.3 is 0 Å². The monoisotopic (exact) mass is 859 g/mol. The van der Waals surface area contributed by atoms with Crippen molar-refractivity contribution in [2.75, 3.05) is 0 Å². The van der Waals surface area contributed by atoms with Crippen LogP contribution in [0.4, 0.5) is 0 Å². The molecule has 1 aromatic heterocycles. The van der Waals surface area contributed by atoms with E-state index in [1.807, 2.05) is 48.2 Å². The number of aryl methyl sites for hydroxylation is 1. The molecule has 0 bridgehead atoms. The molecular weight excluding hydrogens is 815 g/mol. The van der Waals surface area contributed by atoms with Gasteiger partial charge in [-0.3, -0.25) is 0 Å². The highest BCUT2D eigenvalue weighted by molar-refractivity contribution is 8.00. The lowest BCUT2D eigenvalue weighted by Gasteiger charge is -2.41. The summed E-state index contributed by atoms with van der Waals surface area (Å²) in [5.74, 6) is 2.87. The number of hydrogen-bond donors (Lipinski definition) is 0. The zero-order valence-corrected chi connectivity index (χ0v) is 37.3. The normalized spacial score (nSPS) is 17.5. The molecule has 1 aliphatic heterocycles. The third-order valence-electron chi connectivity index (χ3n) is 12.6. The van der Waals surface area contributed by atoms with Gasteiger partial charge in [0.1, 0.15) is 11.9 Å². The van der Waals surface area contributed by atoms with Crippen molar-refractivity contribution >= 4 is 35.4 Å². The smallest absolute Gasteiger partial charge is 0.176 e. The van der Waals surface area contributed by atoms with Gasteiger partial charge in [0.2, 0.25) is 0 Å². The minimum absolute atomic E-state index is 0.00456. The van der Waals surface area contributed by atoms with E-state index in [4.69, 9.17) is 19.7 Å². The van der Waals surface area contributed by atoms with Crippen molar-refractivity contribution in [1.29, 1.82) is 0 Å². The van der Waals surface area contributed by atoms with Crippen molar-refractivity contribution in [2.24, 2.45) is 0 Å². The molecule has 0 saturated carbocycles. The highest BCUT2D eigenvalue weighted by atomic mass is 32.2. The predicted molar refractivity (Wildman–Crippen MR) is 267 cm³/mol. The zero-order chi connectivity index (χ0) is 42.9. The Morgan fingerprint density at radius 3 is 1.77 bits per heavy atom. The van der Waals surface area contributed by atoms with Crippen LogP contribution in [0.1, 0.15) is 23.5 Å². The maximum Gasteiger partial charge on any atom is 0.176 e. The molecule has 308 valence electrons. The van der Waals surface area contributed by atoms with E-state index in [9.17, 15) is 0 Å². The van der Waals surface area contributed by atoms with Crippen LogP contribution in [-0.4, -0.2) is 34.4 Å². The zero-order valence-electron chi connectivity index (χ0n) is 35.5. The van der Waals surface area contributed by atoms with Crippen LogP contribution >= 0.6 is 11.8 Å². The van der Waals surface area contributed by atoms with E-state index in [2.05, 4.69) is 195 Å². The fourth-order valence-corrected chi connectivity index (χ4v) is 16.3. The Labute approximate surface area is 380 Å². The van der Waals surface area contributed by atoms with Crippen molar-refractivity contribution in [3.05, 3.63) is 241 Å². The number of fused-ring (bicyclic) bond motifs is 2. The van der Waals surface area contributed by atoms with E-state index >= 15 is 0 Å². The van der Waals surface area contributed by atoms with Gasteiger partial charge in [-0.25, -0.2) is 15.0 Å². The molecule has 3 unspecified atom stereocenters. The molecule has 3 aliphatic rings. The summed E-state index contributed by atoms with van der Waals surface area (Å²) in [5.41, 5.74) is 7.55. The lowest BCUT2D eigenvalue weighted by molar-refractivity contribution is 0.244. The summed E-state index contributed by atoms with van der Waals surface area (Å²) in [6, 6.07) is 65.8. The first kappa shape index (κ1) is 39.7. The quantitative estimate of drug-likeness (QED) is 0.107. The van der Waals surface area contributed by atoms with Gasteiger partial charge in [-0.1, -0.05) is 211 Å². The van der Waals surface area contributed by atoms with Gasteiger partial charge in [-0.15, -0.1) is 11.8 Å². The molecule has 0 radical (unpaired) electrons. The number of hydrogen-bond acceptors (Lipinski definition) is 5. The fraction of sp³-hybridized carbons (Fsp3) is 0.0862. The number of ether oxygens (including phenoxy) is 1. The number of aromatic nitrogens is 3. The Morgan fingerprint density at radius 1 is 0.531 bits per heavy atom. The largest absolute Gasteiger partial charge is 0.484 e. The molecule has 0 spiro atoms. The van der Waals surface area contributed by atoms with Crippen molar-refractivity contribution in [3.8, 4) is 51.0 Å². The molecule has 4 nitrogen and oxygen atoms in total. The number of rotatable bonds is 9. The first-order chi connectivity index (χ1) is 31.6. The summed E-state index contributed by atoms with van der Waals surface area (Å²) in [7, 11) is -2.91. The van der Waals surface area contributed by atoms with Crippen LogP contribution < -0.4 is 20.3 Å². The summed E-state index contributed by atoms with van der Waals surface area (Å²) in [5, 5.41) is 5.73. The molecule has 64 heavy (non-hydrogen) atoms. The second kappa shape index (κ2) is 17.2. The minimum Gasteiger partial charge on any atom is -0.484 e. The topological polar surface area (TPSA) is 47.9 Å². The fourth-order valence-electron chi connectivity index (χ4n) is 9.68. The molecule has 0 fully saturated rings. The molecule has 0 amide bonds. The molecule has 7 aromatic carbocycles. The number of nitrogens with zero attached hydrogens (tertiary/aromatic N) is 3. The van der Waals surface area contributed by atoms with Crippen LogP contribution in [0.15, 0.2) is 235 Å². The van der Waals surface area contributed by atoms with E-state index in [0.717, 1.165) is 44.9 Å². The van der Waals surface area contributed by atoms with E-state index < -0.39 is 8.07 Å². The molecule has 11 rings (SSSR count). The van der Waals surface area contributed by atoms with E-state index in [1.165, 1.54) is 31.9 Å². The maximum absolute atomic E-state index is 6.70. The summed E-state index contributed by atoms with van der Waals surface area (Å²) < 4.78 is 6.70. The van der Waals surface area contributed by atoms with Crippen LogP contribution in [0.3, 0.4) is 0 Å². The minimum atomic E-state index is -2.91. The van der Waals surface area contributed by atoms with Gasteiger partial charge in [-0.05, 0) is 69.9 Å². The van der Waals surface area contributed by atoms with Crippen molar-refractivity contribution < 1.29 is 4.74 Å². The summed E-state index contributed by atoms with van der Waals surface area (Å²) >= 11 is 1.88. The Balaban J connectivity index is 1.17. The van der Waals surface area contributed by atoms with E-state index in [1.54, 1.807) is 0 Å². The summed E-state index contributed by atoms with van der Waals surface area (Å²) in [6.07, 6.45) is 16.5. The Hall–Kier alpha value is -7.12. The van der Waals surface area contributed by atoms with E-state index in [0.29, 0.717) is 17.5 Å². The number of benzene rings is 7. The average molecular weight is 860 g/mol. The molecule has 2 heterocycles. The molecular formula is C58H45N3OSSi. The van der Waals surface area contributed by atoms with Crippen LogP contribution in [0.2, 0.25) is 0 Å². The molecule has 0 saturated heterocycles. The van der Waals surface area contributed by atoms with Crippen LogP contribution in [-0.2, 0) is 0 Å². The molecule has 8 aromatic rings. The van der Waals surface area contributed by atoms with Gasteiger partial charge in [-0.2, -0.15) is 0 Å². The van der Waals surface area contributed by atoms with Gasteiger partial charge in [0.25, 0.3) is 0 Å². The predicted octanol–water partition coefficient (Wildman–Crippen LogP) is 11.9. The lowest BCUT2D eigenvalue weighted by atomic mass is 9.88. The van der Waals surface area contributed by atoms with Crippen molar-refractivity contribution in [3.63, 3.8) is 0 Å². The van der Waals surface area contributed by atoms with Crippen LogP contribution in [0.5, 0.6) is 5.75 Å². The highest BCUT2D eigenvalue weighted by Crippen LogP contribution is 2.48. The first-order valence-corrected chi connectivity index (χ1v) is 24.9. The number of allylic oxidation sites excluding steroid dienone is 6. The Morgan fingerprint density at radius 2 is 1.11 bits per heavy atom. The standard InChI is InChI=1S/C58H45N3OSSi/c1-40-20-18-29-48(36-40)64(46-25-10-4-11-26-46,47-27-12-5-13-28-47)54-35-17-14-30-49(54)43-37-44(50-31-19-33-52-55(50)63-53-34-16-15-32-51(53)62-52)39-45(38-43)58-60-56(41-21-6-2-7-22-41)59-57(61-58)42-23-8-3-9-24-42/h2-29,31-39,49,51,53H,30H2,1H3. The second-order valence-electron chi connectivity index (χ2n) is 16.6. The Kier molecular flexibility index (Phi) is 10.7. The molecule has 6 heteroatoms. The van der Waals surface area contributed by atoms with Crippen LogP contribution in [0, 0.1) is 6.92 Å². The highest BCUT2D eigenvalue weighted by Gasteiger charge is 2.46. The van der Waals surface area contributed by atoms with E-state index in [-0.39, 0.29) is 17.3 Å². The summed E-state index contributed by atoms with van der Waals surface area (Å²) in [4.78, 5) is 16.8. The molecule has 3 atom stereocenters. The lowest BCUT2D eigenvalue weighted by Crippen LogP contribution is -2.69. The molecule has 2 aliphatic carbocycles.